The summed E-state index contributed by atoms with van der Waals surface area (Å²) in [6.45, 7) is 2.96. The van der Waals surface area contributed by atoms with Gasteiger partial charge in [0, 0.05) is 25.7 Å². The van der Waals surface area contributed by atoms with Crippen molar-refractivity contribution in [1.82, 2.24) is 10.6 Å². The van der Waals surface area contributed by atoms with Gasteiger partial charge < -0.3 is 15.7 Å². The van der Waals surface area contributed by atoms with Crippen molar-refractivity contribution in [3.8, 4) is 0 Å². The minimum Gasteiger partial charge on any atom is -0.395 e. The van der Waals surface area contributed by atoms with E-state index in [4.69, 9.17) is 5.11 Å². The zero-order chi connectivity index (χ0) is 7.23. The van der Waals surface area contributed by atoms with Gasteiger partial charge >= 0.3 is 0 Å². The first-order valence-corrected chi connectivity index (χ1v) is 3.98. The third-order valence-electron chi connectivity index (χ3n) is 1.60. The van der Waals surface area contributed by atoms with Gasteiger partial charge in [-0.3, -0.25) is 0 Å². The van der Waals surface area contributed by atoms with Crippen LogP contribution < -0.4 is 10.6 Å². The van der Waals surface area contributed by atoms with Gasteiger partial charge in [-0.15, -0.1) is 0 Å². The Morgan fingerprint density at radius 3 is 2.60 bits per heavy atom. The summed E-state index contributed by atoms with van der Waals surface area (Å²) in [6.07, 6.45) is 2.69. The lowest BCUT2D eigenvalue weighted by atomic mass is 10.5. The lowest BCUT2D eigenvalue weighted by molar-refractivity contribution is 0.292. The normalized spacial score (nSPS) is 17.7. The zero-order valence-electron chi connectivity index (χ0n) is 6.27. The molecule has 0 atom stereocenters. The number of hydrogen-bond donors (Lipinski definition) is 3. The van der Waals surface area contributed by atoms with Crippen molar-refractivity contribution in [3.63, 3.8) is 0 Å². The second-order valence-corrected chi connectivity index (χ2v) is 2.70. The van der Waals surface area contributed by atoms with E-state index in [-0.39, 0.29) is 6.61 Å². The molecule has 3 heteroatoms. The van der Waals surface area contributed by atoms with E-state index in [1.807, 2.05) is 0 Å². The van der Waals surface area contributed by atoms with E-state index in [0.717, 1.165) is 19.1 Å². The highest BCUT2D eigenvalue weighted by Gasteiger charge is 2.19. The minimum absolute atomic E-state index is 0.240. The molecule has 0 aromatic carbocycles. The average Bonchev–Trinajstić information content (AvgIpc) is 2.71. The third kappa shape index (κ3) is 3.82. The maximum atomic E-state index is 8.40. The topological polar surface area (TPSA) is 44.3 Å². The molecule has 1 rings (SSSR count). The summed E-state index contributed by atoms with van der Waals surface area (Å²) in [4.78, 5) is 0. The SMILES string of the molecule is OCCNCCNC1CC1. The van der Waals surface area contributed by atoms with Crippen LogP contribution in [0.25, 0.3) is 0 Å². The molecule has 0 aliphatic heterocycles. The molecule has 0 spiro atoms. The van der Waals surface area contributed by atoms with Crippen LogP contribution in [0.3, 0.4) is 0 Å². The molecule has 0 aromatic heterocycles. The Kier molecular flexibility index (Phi) is 3.72. The first-order valence-electron chi connectivity index (χ1n) is 3.98. The molecule has 0 heterocycles. The van der Waals surface area contributed by atoms with Crippen molar-refractivity contribution in [1.29, 1.82) is 0 Å². The fraction of sp³-hybridized carbons (Fsp3) is 1.00. The highest BCUT2D eigenvalue weighted by atomic mass is 16.3. The quantitative estimate of drug-likeness (QED) is 0.433. The molecule has 3 nitrogen and oxygen atoms in total. The second-order valence-electron chi connectivity index (χ2n) is 2.70. The highest BCUT2D eigenvalue weighted by Crippen LogP contribution is 2.17. The van der Waals surface area contributed by atoms with Crippen molar-refractivity contribution in [2.45, 2.75) is 18.9 Å². The van der Waals surface area contributed by atoms with Crippen molar-refractivity contribution >= 4 is 0 Å². The standard InChI is InChI=1S/C7H16N2O/c10-6-5-8-3-4-9-7-1-2-7/h7-10H,1-6H2. The van der Waals surface area contributed by atoms with Crippen molar-refractivity contribution < 1.29 is 5.11 Å². The van der Waals surface area contributed by atoms with Crippen molar-refractivity contribution in [2.75, 3.05) is 26.2 Å². The molecule has 1 fully saturated rings. The Morgan fingerprint density at radius 2 is 2.00 bits per heavy atom. The summed E-state index contributed by atoms with van der Waals surface area (Å²) in [6, 6.07) is 0.802. The summed E-state index contributed by atoms with van der Waals surface area (Å²) < 4.78 is 0. The molecule has 10 heavy (non-hydrogen) atoms. The molecule has 0 unspecified atom stereocenters. The van der Waals surface area contributed by atoms with E-state index < -0.39 is 0 Å². The molecular formula is C7H16N2O. The molecule has 0 radical (unpaired) electrons. The van der Waals surface area contributed by atoms with Gasteiger partial charge in [0.25, 0.3) is 0 Å². The van der Waals surface area contributed by atoms with Crippen LogP contribution in [0.2, 0.25) is 0 Å². The van der Waals surface area contributed by atoms with Gasteiger partial charge in [0.05, 0.1) is 6.61 Å². The zero-order valence-corrected chi connectivity index (χ0v) is 6.27. The van der Waals surface area contributed by atoms with Crippen LogP contribution in [0.5, 0.6) is 0 Å². The van der Waals surface area contributed by atoms with Crippen LogP contribution in [-0.4, -0.2) is 37.4 Å². The molecule has 1 saturated carbocycles. The van der Waals surface area contributed by atoms with E-state index in [2.05, 4.69) is 10.6 Å². The van der Waals surface area contributed by atoms with Crippen LogP contribution in [0, 0.1) is 0 Å². The maximum Gasteiger partial charge on any atom is 0.0555 e. The molecular weight excluding hydrogens is 128 g/mol. The average molecular weight is 144 g/mol. The fourth-order valence-corrected chi connectivity index (χ4v) is 0.856. The Labute approximate surface area is 61.8 Å². The van der Waals surface area contributed by atoms with Gasteiger partial charge in [0.1, 0.15) is 0 Å². The number of aliphatic hydroxyl groups is 1. The van der Waals surface area contributed by atoms with Gasteiger partial charge in [0.15, 0.2) is 0 Å². The number of hydrogen-bond acceptors (Lipinski definition) is 3. The Morgan fingerprint density at radius 1 is 1.20 bits per heavy atom. The fourth-order valence-electron chi connectivity index (χ4n) is 0.856. The monoisotopic (exact) mass is 144 g/mol. The molecule has 0 saturated heterocycles. The number of rotatable bonds is 6. The molecule has 3 N–H and O–H groups in total. The Bertz CT molecular complexity index is 83.7. The van der Waals surface area contributed by atoms with Crippen LogP contribution in [0.1, 0.15) is 12.8 Å². The van der Waals surface area contributed by atoms with E-state index >= 15 is 0 Å². The Balaban J connectivity index is 1.68. The predicted molar refractivity (Wildman–Crippen MR) is 41.0 cm³/mol. The van der Waals surface area contributed by atoms with E-state index in [9.17, 15) is 0 Å². The summed E-state index contributed by atoms with van der Waals surface area (Å²) >= 11 is 0. The molecule has 60 valence electrons. The first kappa shape index (κ1) is 7.98. The smallest absolute Gasteiger partial charge is 0.0555 e. The lowest BCUT2D eigenvalue weighted by Crippen LogP contribution is -2.30. The predicted octanol–water partition coefficient (Wildman–Crippen LogP) is -0.680. The van der Waals surface area contributed by atoms with E-state index in [1.165, 1.54) is 12.8 Å². The van der Waals surface area contributed by atoms with E-state index in [1.54, 1.807) is 0 Å². The largest absolute Gasteiger partial charge is 0.395 e. The Hall–Kier alpha value is -0.120. The van der Waals surface area contributed by atoms with Gasteiger partial charge in [-0.2, -0.15) is 0 Å². The molecule has 0 aromatic rings. The highest BCUT2D eigenvalue weighted by molar-refractivity contribution is 4.80. The molecule has 1 aliphatic rings. The summed E-state index contributed by atoms with van der Waals surface area (Å²) in [7, 11) is 0. The second kappa shape index (κ2) is 4.66. The molecule has 0 amide bonds. The summed E-state index contributed by atoms with van der Waals surface area (Å²) in [5.74, 6) is 0. The number of aliphatic hydroxyl groups excluding tert-OH is 1. The van der Waals surface area contributed by atoms with Crippen molar-refractivity contribution in [3.05, 3.63) is 0 Å². The van der Waals surface area contributed by atoms with Crippen molar-refractivity contribution in [2.24, 2.45) is 0 Å². The van der Waals surface area contributed by atoms with Crippen LogP contribution in [0.4, 0.5) is 0 Å². The third-order valence-corrected chi connectivity index (χ3v) is 1.60. The van der Waals surface area contributed by atoms with Crippen LogP contribution >= 0.6 is 0 Å². The van der Waals surface area contributed by atoms with Crippen LogP contribution in [-0.2, 0) is 0 Å². The van der Waals surface area contributed by atoms with Gasteiger partial charge in [-0.25, -0.2) is 0 Å². The minimum atomic E-state index is 0.240. The first-order chi connectivity index (χ1) is 4.93. The molecule has 1 aliphatic carbocycles. The summed E-state index contributed by atoms with van der Waals surface area (Å²) in [5.41, 5.74) is 0. The maximum absolute atomic E-state index is 8.40. The van der Waals surface area contributed by atoms with Crippen LogP contribution in [0.15, 0.2) is 0 Å². The van der Waals surface area contributed by atoms with E-state index in [0.29, 0.717) is 6.54 Å². The summed E-state index contributed by atoms with van der Waals surface area (Å²) in [5, 5.41) is 14.9. The van der Waals surface area contributed by atoms with Gasteiger partial charge in [0.2, 0.25) is 0 Å². The molecule has 0 bridgehead atoms. The number of nitrogens with one attached hydrogen (secondary N) is 2. The van der Waals surface area contributed by atoms with Gasteiger partial charge in [-0.05, 0) is 12.8 Å². The van der Waals surface area contributed by atoms with Gasteiger partial charge in [-0.1, -0.05) is 0 Å². The lowest BCUT2D eigenvalue weighted by Gasteiger charge is -2.02.